The van der Waals surface area contributed by atoms with Crippen LogP contribution in [0.25, 0.3) is 0 Å². The number of ether oxygens (including phenoxy) is 1. The van der Waals surface area contributed by atoms with Crippen LogP contribution in [0.3, 0.4) is 0 Å². The van der Waals surface area contributed by atoms with Gasteiger partial charge in [0.15, 0.2) is 0 Å². The number of rotatable bonds is 9. The van der Waals surface area contributed by atoms with E-state index in [0.717, 1.165) is 11.1 Å². The maximum Gasteiger partial charge on any atom is 0.239 e. The molecule has 32 heavy (non-hydrogen) atoms. The second-order valence-electron chi connectivity index (χ2n) is 7.46. The Bertz CT molecular complexity index is 1160. The van der Waals surface area contributed by atoms with Gasteiger partial charge in [0.2, 0.25) is 15.7 Å². The number of hydrogen-bond donors (Lipinski definition) is 2. The summed E-state index contributed by atoms with van der Waals surface area (Å²) in [5.74, 6) is 0.208. The molecular weight excluding hydrogens is 424 g/mol. The minimum absolute atomic E-state index is 0.0659. The van der Waals surface area contributed by atoms with Gasteiger partial charge in [0, 0.05) is 6.07 Å². The molecule has 0 bridgehead atoms. The summed E-state index contributed by atoms with van der Waals surface area (Å²) in [6.45, 7) is 5.97. The molecule has 2 N–H and O–H groups in total. The molecule has 0 aliphatic heterocycles. The van der Waals surface area contributed by atoms with E-state index in [1.165, 1.54) is 6.07 Å². The van der Waals surface area contributed by atoms with Crippen molar-refractivity contribution in [1.82, 2.24) is 5.32 Å². The lowest BCUT2D eigenvalue weighted by Gasteiger charge is -2.17. The number of aryl methyl sites for hydroxylation is 1. The first-order chi connectivity index (χ1) is 15.3. The molecule has 1 amide bonds. The van der Waals surface area contributed by atoms with Gasteiger partial charge in [0.1, 0.15) is 5.75 Å². The number of hydrogen-bond acceptors (Lipinski definition) is 5. The predicted octanol–water partition coefficient (Wildman–Crippen LogP) is 4.52. The van der Waals surface area contributed by atoms with Gasteiger partial charge in [-0.1, -0.05) is 48.0 Å². The molecule has 1 atom stereocenters. The summed E-state index contributed by atoms with van der Waals surface area (Å²) in [6, 6.07) is 20.9. The van der Waals surface area contributed by atoms with Crippen molar-refractivity contribution < 1.29 is 17.9 Å². The highest BCUT2D eigenvalue weighted by Crippen LogP contribution is 2.31. The van der Waals surface area contributed by atoms with Crippen LogP contribution >= 0.6 is 0 Å². The van der Waals surface area contributed by atoms with Crippen molar-refractivity contribution in [2.24, 2.45) is 0 Å². The first-order valence-corrected chi connectivity index (χ1v) is 12.0. The van der Waals surface area contributed by atoms with Crippen molar-refractivity contribution in [3.63, 3.8) is 0 Å². The van der Waals surface area contributed by atoms with Crippen molar-refractivity contribution in [1.29, 1.82) is 0 Å². The lowest BCUT2D eigenvalue weighted by Crippen LogP contribution is -2.32. The van der Waals surface area contributed by atoms with E-state index in [1.54, 1.807) is 36.4 Å². The zero-order valence-electron chi connectivity index (χ0n) is 18.5. The Hall–Kier alpha value is -3.32. The van der Waals surface area contributed by atoms with Gasteiger partial charge in [-0.25, -0.2) is 8.42 Å². The first-order valence-electron chi connectivity index (χ1n) is 10.5. The minimum Gasteiger partial charge on any atom is -0.494 e. The average Bonchev–Trinajstić information content (AvgIpc) is 2.79. The Labute approximate surface area is 189 Å². The molecule has 0 aliphatic carbocycles. The van der Waals surface area contributed by atoms with Gasteiger partial charge >= 0.3 is 0 Å². The van der Waals surface area contributed by atoms with E-state index in [4.69, 9.17) is 4.74 Å². The molecule has 0 saturated carbocycles. The number of benzene rings is 3. The Morgan fingerprint density at radius 3 is 2.34 bits per heavy atom. The highest BCUT2D eigenvalue weighted by atomic mass is 32.2. The van der Waals surface area contributed by atoms with Gasteiger partial charge in [-0.05, 0) is 50.6 Å². The first kappa shape index (κ1) is 23.3. The lowest BCUT2D eigenvalue weighted by atomic mass is 10.1. The van der Waals surface area contributed by atoms with Crippen LogP contribution in [0.15, 0.2) is 82.6 Å². The number of sulfone groups is 1. The minimum atomic E-state index is -3.82. The molecule has 6 nitrogen and oxygen atoms in total. The van der Waals surface area contributed by atoms with E-state index in [-0.39, 0.29) is 28.3 Å². The molecule has 0 radical (unpaired) electrons. The van der Waals surface area contributed by atoms with Gasteiger partial charge in [0.25, 0.3) is 0 Å². The van der Waals surface area contributed by atoms with Crippen molar-refractivity contribution in [2.75, 3.05) is 18.5 Å². The molecule has 0 fully saturated rings. The van der Waals surface area contributed by atoms with Crippen molar-refractivity contribution >= 4 is 21.4 Å². The maximum absolute atomic E-state index is 13.3. The van der Waals surface area contributed by atoms with E-state index in [9.17, 15) is 13.2 Å². The molecule has 0 aliphatic rings. The summed E-state index contributed by atoms with van der Waals surface area (Å²) in [4.78, 5) is 12.7. The molecule has 0 heterocycles. The molecule has 3 aromatic rings. The standard InChI is InChI=1S/C25H28N2O4S/c1-4-31-21-12-15-23(24(16-21)32(29,30)22-13-10-18(2)11-14-22)26-17-25(28)27-19(3)20-8-6-5-7-9-20/h5-16,19,26H,4,17H2,1-3H3,(H,27,28). The lowest BCUT2D eigenvalue weighted by molar-refractivity contribution is -0.120. The molecule has 1 unspecified atom stereocenters. The van der Waals surface area contributed by atoms with Crippen LogP contribution in [0.1, 0.15) is 31.0 Å². The van der Waals surface area contributed by atoms with Crippen LogP contribution in [0, 0.1) is 6.92 Å². The number of nitrogens with one attached hydrogen (secondary N) is 2. The molecule has 0 spiro atoms. The number of carbonyl (C=O) groups excluding carboxylic acids is 1. The predicted molar refractivity (Wildman–Crippen MR) is 126 cm³/mol. The second-order valence-corrected chi connectivity index (χ2v) is 9.38. The summed E-state index contributed by atoms with van der Waals surface area (Å²) in [7, 11) is -3.82. The molecule has 7 heteroatoms. The number of anilines is 1. The molecule has 3 aromatic carbocycles. The SMILES string of the molecule is CCOc1ccc(NCC(=O)NC(C)c2ccccc2)c(S(=O)(=O)c2ccc(C)cc2)c1. The Balaban J connectivity index is 1.81. The average molecular weight is 453 g/mol. The van der Waals surface area contributed by atoms with Crippen LogP contribution in [0.2, 0.25) is 0 Å². The zero-order chi connectivity index (χ0) is 23.1. The number of amides is 1. The van der Waals surface area contributed by atoms with Crippen molar-refractivity contribution in [3.05, 3.63) is 83.9 Å². The maximum atomic E-state index is 13.3. The third-order valence-electron chi connectivity index (χ3n) is 5.00. The fourth-order valence-electron chi connectivity index (χ4n) is 3.26. The quantitative estimate of drug-likeness (QED) is 0.499. The van der Waals surface area contributed by atoms with Crippen molar-refractivity contribution in [2.45, 2.75) is 36.6 Å². The third kappa shape index (κ3) is 5.68. The van der Waals surface area contributed by atoms with Gasteiger partial charge in [-0.2, -0.15) is 0 Å². The van der Waals surface area contributed by atoms with E-state index in [1.807, 2.05) is 51.1 Å². The molecule has 0 saturated heterocycles. The highest BCUT2D eigenvalue weighted by molar-refractivity contribution is 7.91. The summed E-state index contributed by atoms with van der Waals surface area (Å²) in [5, 5.41) is 5.90. The summed E-state index contributed by atoms with van der Waals surface area (Å²) >= 11 is 0. The Morgan fingerprint density at radius 2 is 1.69 bits per heavy atom. The molecule has 168 valence electrons. The van der Waals surface area contributed by atoms with E-state index < -0.39 is 9.84 Å². The van der Waals surface area contributed by atoms with E-state index >= 15 is 0 Å². The topological polar surface area (TPSA) is 84.5 Å². The fraction of sp³-hybridized carbons (Fsp3) is 0.240. The largest absolute Gasteiger partial charge is 0.494 e. The Kier molecular flexibility index (Phi) is 7.53. The van der Waals surface area contributed by atoms with Gasteiger partial charge in [-0.3, -0.25) is 4.79 Å². The van der Waals surface area contributed by atoms with E-state index in [0.29, 0.717) is 18.0 Å². The van der Waals surface area contributed by atoms with E-state index in [2.05, 4.69) is 10.6 Å². The smallest absolute Gasteiger partial charge is 0.239 e. The van der Waals surface area contributed by atoms with Crippen LogP contribution in [0.4, 0.5) is 5.69 Å². The molecular formula is C25H28N2O4S. The number of carbonyl (C=O) groups is 1. The summed E-state index contributed by atoms with van der Waals surface area (Å²) in [6.07, 6.45) is 0. The molecule has 3 rings (SSSR count). The Morgan fingerprint density at radius 1 is 1.00 bits per heavy atom. The molecule has 0 aromatic heterocycles. The van der Waals surface area contributed by atoms with Gasteiger partial charge < -0.3 is 15.4 Å². The highest BCUT2D eigenvalue weighted by Gasteiger charge is 2.23. The van der Waals surface area contributed by atoms with Crippen LogP contribution in [-0.4, -0.2) is 27.5 Å². The van der Waals surface area contributed by atoms with Crippen LogP contribution in [0.5, 0.6) is 5.75 Å². The fourth-order valence-corrected chi connectivity index (χ4v) is 4.71. The van der Waals surface area contributed by atoms with Crippen LogP contribution in [-0.2, 0) is 14.6 Å². The third-order valence-corrected chi connectivity index (χ3v) is 6.81. The normalized spacial score (nSPS) is 12.1. The van der Waals surface area contributed by atoms with Crippen molar-refractivity contribution in [3.8, 4) is 5.75 Å². The summed E-state index contributed by atoms with van der Waals surface area (Å²) < 4.78 is 32.2. The van der Waals surface area contributed by atoms with Gasteiger partial charge in [-0.15, -0.1) is 0 Å². The second kappa shape index (κ2) is 10.3. The monoisotopic (exact) mass is 452 g/mol. The van der Waals surface area contributed by atoms with Crippen LogP contribution < -0.4 is 15.4 Å². The summed E-state index contributed by atoms with van der Waals surface area (Å²) in [5.41, 5.74) is 2.30. The van der Waals surface area contributed by atoms with Gasteiger partial charge in [0.05, 0.1) is 34.7 Å². The zero-order valence-corrected chi connectivity index (χ0v) is 19.3.